The summed E-state index contributed by atoms with van der Waals surface area (Å²) in [5.74, 6) is 1.78. The monoisotopic (exact) mass is 244 g/mol. The lowest BCUT2D eigenvalue weighted by Crippen LogP contribution is -2.20. The van der Waals surface area contributed by atoms with E-state index in [2.05, 4.69) is 0 Å². The number of hydrogen-bond donors (Lipinski definition) is 1. The molecule has 2 aromatic rings. The van der Waals surface area contributed by atoms with Gasteiger partial charge in [-0.1, -0.05) is 18.2 Å². The molecule has 0 saturated carbocycles. The lowest BCUT2D eigenvalue weighted by atomic mass is 10.3. The molecule has 0 aliphatic heterocycles. The number of phenols is 1. The van der Waals surface area contributed by atoms with Crippen molar-refractivity contribution in [3.8, 4) is 17.2 Å². The highest BCUT2D eigenvalue weighted by Crippen LogP contribution is 2.17. The van der Waals surface area contributed by atoms with Crippen molar-refractivity contribution in [1.29, 1.82) is 0 Å². The first-order valence-corrected chi connectivity index (χ1v) is 5.87. The fourth-order valence-corrected chi connectivity index (χ4v) is 1.52. The quantitative estimate of drug-likeness (QED) is 0.877. The third-order valence-corrected chi connectivity index (χ3v) is 2.40. The molecule has 94 valence electrons. The number of para-hydroxylation sites is 1. The van der Waals surface area contributed by atoms with Crippen molar-refractivity contribution in [2.24, 2.45) is 0 Å². The molecule has 2 aromatic carbocycles. The molecular formula is C15H16O3. The van der Waals surface area contributed by atoms with E-state index in [0.29, 0.717) is 6.61 Å². The number of aromatic hydroxyl groups is 1. The molecule has 0 aromatic heterocycles. The molecule has 18 heavy (non-hydrogen) atoms. The highest BCUT2D eigenvalue weighted by atomic mass is 16.5. The summed E-state index contributed by atoms with van der Waals surface area (Å²) in [5.41, 5.74) is 0. The van der Waals surface area contributed by atoms with Crippen LogP contribution in [-0.2, 0) is 0 Å². The summed E-state index contributed by atoms with van der Waals surface area (Å²) >= 11 is 0. The Bertz CT molecular complexity index is 465. The third kappa shape index (κ3) is 3.70. The molecule has 1 unspecified atom stereocenters. The number of benzene rings is 2. The van der Waals surface area contributed by atoms with E-state index in [-0.39, 0.29) is 11.9 Å². The molecule has 1 atom stereocenters. The van der Waals surface area contributed by atoms with E-state index in [9.17, 15) is 0 Å². The average molecular weight is 244 g/mol. The molecule has 0 spiro atoms. The summed E-state index contributed by atoms with van der Waals surface area (Å²) in [5, 5.41) is 9.15. The van der Waals surface area contributed by atoms with Crippen molar-refractivity contribution >= 4 is 0 Å². The second-order valence-corrected chi connectivity index (χ2v) is 4.05. The zero-order chi connectivity index (χ0) is 12.8. The molecule has 0 bridgehead atoms. The second-order valence-electron chi connectivity index (χ2n) is 4.05. The molecule has 0 aliphatic rings. The first-order chi connectivity index (χ1) is 8.74. The van der Waals surface area contributed by atoms with Crippen LogP contribution < -0.4 is 9.47 Å². The van der Waals surface area contributed by atoms with Crippen LogP contribution in [0.25, 0.3) is 0 Å². The first-order valence-electron chi connectivity index (χ1n) is 5.87. The van der Waals surface area contributed by atoms with Gasteiger partial charge in [0.15, 0.2) is 0 Å². The zero-order valence-electron chi connectivity index (χ0n) is 10.2. The van der Waals surface area contributed by atoms with Crippen molar-refractivity contribution in [3.05, 3.63) is 54.6 Å². The number of phenolic OH excluding ortho intramolecular Hbond substituents is 1. The Hall–Kier alpha value is -2.16. The standard InChI is InChI=1S/C15H16O3/c1-12(18-15-5-3-2-4-6-15)11-17-14-9-7-13(16)8-10-14/h2-10,12,16H,11H2,1H3. The Morgan fingerprint density at radius 1 is 0.944 bits per heavy atom. The van der Waals surface area contributed by atoms with E-state index < -0.39 is 0 Å². The van der Waals surface area contributed by atoms with Crippen LogP contribution in [0.15, 0.2) is 54.6 Å². The number of hydrogen-bond acceptors (Lipinski definition) is 3. The van der Waals surface area contributed by atoms with Crippen LogP contribution in [0, 0.1) is 0 Å². The molecule has 3 heteroatoms. The van der Waals surface area contributed by atoms with Gasteiger partial charge in [0, 0.05) is 0 Å². The topological polar surface area (TPSA) is 38.7 Å². The molecule has 0 amide bonds. The fraction of sp³-hybridized carbons (Fsp3) is 0.200. The lowest BCUT2D eigenvalue weighted by Gasteiger charge is -2.15. The summed E-state index contributed by atoms with van der Waals surface area (Å²) in [7, 11) is 0. The summed E-state index contributed by atoms with van der Waals surface area (Å²) in [6, 6.07) is 16.3. The summed E-state index contributed by atoms with van der Waals surface area (Å²) < 4.78 is 11.2. The lowest BCUT2D eigenvalue weighted by molar-refractivity contribution is 0.143. The van der Waals surface area contributed by atoms with Crippen molar-refractivity contribution in [3.63, 3.8) is 0 Å². The Kier molecular flexibility index (Phi) is 4.07. The van der Waals surface area contributed by atoms with Gasteiger partial charge in [-0.05, 0) is 43.3 Å². The van der Waals surface area contributed by atoms with E-state index in [1.165, 1.54) is 0 Å². The van der Waals surface area contributed by atoms with Gasteiger partial charge in [0.25, 0.3) is 0 Å². The van der Waals surface area contributed by atoms with Gasteiger partial charge in [-0.3, -0.25) is 0 Å². The Balaban J connectivity index is 1.81. The normalized spacial score (nSPS) is 11.8. The highest BCUT2D eigenvalue weighted by molar-refractivity contribution is 5.30. The van der Waals surface area contributed by atoms with Crippen LogP contribution in [0.5, 0.6) is 17.2 Å². The van der Waals surface area contributed by atoms with Crippen LogP contribution in [-0.4, -0.2) is 17.8 Å². The van der Waals surface area contributed by atoms with E-state index in [1.54, 1.807) is 24.3 Å². The van der Waals surface area contributed by atoms with E-state index >= 15 is 0 Å². The minimum Gasteiger partial charge on any atom is -0.508 e. The van der Waals surface area contributed by atoms with E-state index in [0.717, 1.165) is 11.5 Å². The second kappa shape index (κ2) is 5.96. The van der Waals surface area contributed by atoms with Crippen molar-refractivity contribution < 1.29 is 14.6 Å². The van der Waals surface area contributed by atoms with Gasteiger partial charge >= 0.3 is 0 Å². The maximum absolute atomic E-state index is 9.15. The minimum atomic E-state index is -0.0406. The molecule has 0 heterocycles. The molecule has 0 fully saturated rings. The highest BCUT2D eigenvalue weighted by Gasteiger charge is 2.04. The molecule has 0 saturated heterocycles. The first kappa shape index (κ1) is 12.3. The molecule has 0 aliphatic carbocycles. The largest absolute Gasteiger partial charge is 0.508 e. The maximum Gasteiger partial charge on any atom is 0.130 e. The van der Waals surface area contributed by atoms with Crippen LogP contribution in [0.1, 0.15) is 6.92 Å². The van der Waals surface area contributed by atoms with E-state index in [4.69, 9.17) is 14.6 Å². The van der Waals surface area contributed by atoms with Crippen molar-refractivity contribution in [2.75, 3.05) is 6.61 Å². The van der Waals surface area contributed by atoms with Gasteiger partial charge in [0.05, 0.1) is 0 Å². The summed E-state index contributed by atoms with van der Waals surface area (Å²) in [6.45, 7) is 2.41. The molecular weight excluding hydrogens is 228 g/mol. The van der Waals surface area contributed by atoms with Crippen LogP contribution in [0.3, 0.4) is 0 Å². The number of rotatable bonds is 5. The third-order valence-electron chi connectivity index (χ3n) is 2.40. The maximum atomic E-state index is 9.15. The molecule has 2 rings (SSSR count). The zero-order valence-corrected chi connectivity index (χ0v) is 10.2. The van der Waals surface area contributed by atoms with Gasteiger partial charge in [0.1, 0.15) is 30.0 Å². The fourth-order valence-electron chi connectivity index (χ4n) is 1.52. The Morgan fingerprint density at radius 3 is 2.28 bits per heavy atom. The van der Waals surface area contributed by atoms with Crippen LogP contribution in [0.2, 0.25) is 0 Å². The van der Waals surface area contributed by atoms with E-state index in [1.807, 2.05) is 37.3 Å². The Labute approximate surface area is 107 Å². The summed E-state index contributed by atoms with van der Waals surface area (Å²) in [6.07, 6.45) is -0.0406. The SMILES string of the molecule is CC(COc1ccc(O)cc1)Oc1ccccc1. The average Bonchev–Trinajstić information content (AvgIpc) is 2.39. The summed E-state index contributed by atoms with van der Waals surface area (Å²) in [4.78, 5) is 0. The molecule has 3 nitrogen and oxygen atoms in total. The van der Waals surface area contributed by atoms with Crippen molar-refractivity contribution in [1.82, 2.24) is 0 Å². The predicted octanol–water partition coefficient (Wildman–Crippen LogP) is 3.24. The van der Waals surface area contributed by atoms with Gasteiger partial charge in [-0.2, -0.15) is 0 Å². The predicted molar refractivity (Wildman–Crippen MR) is 70.1 cm³/mol. The van der Waals surface area contributed by atoms with Gasteiger partial charge < -0.3 is 14.6 Å². The smallest absolute Gasteiger partial charge is 0.130 e. The van der Waals surface area contributed by atoms with Gasteiger partial charge in [-0.25, -0.2) is 0 Å². The molecule has 1 N–H and O–H groups in total. The number of ether oxygens (including phenoxy) is 2. The van der Waals surface area contributed by atoms with Gasteiger partial charge in [0.2, 0.25) is 0 Å². The minimum absolute atomic E-state index is 0.0406. The van der Waals surface area contributed by atoms with Crippen molar-refractivity contribution in [2.45, 2.75) is 13.0 Å². The van der Waals surface area contributed by atoms with Crippen LogP contribution >= 0.6 is 0 Å². The molecule has 0 radical (unpaired) electrons. The van der Waals surface area contributed by atoms with Gasteiger partial charge in [-0.15, -0.1) is 0 Å². The van der Waals surface area contributed by atoms with Crippen LogP contribution in [0.4, 0.5) is 0 Å². The Morgan fingerprint density at radius 2 is 1.61 bits per heavy atom.